The summed E-state index contributed by atoms with van der Waals surface area (Å²) in [5, 5.41) is 18.0. The molecule has 1 unspecified atom stereocenters. The molecule has 1 aliphatic heterocycles. The van der Waals surface area contributed by atoms with E-state index in [-0.39, 0.29) is 22.2 Å². The normalized spacial score (nSPS) is 15.2. The molecule has 1 saturated heterocycles. The van der Waals surface area contributed by atoms with Gasteiger partial charge in [0, 0.05) is 24.5 Å². The molecular weight excluding hydrogens is 520 g/mol. The molecule has 0 aromatic heterocycles. The van der Waals surface area contributed by atoms with Gasteiger partial charge in [-0.25, -0.2) is 8.42 Å². The average molecular weight is 551 g/mol. The topological polar surface area (TPSA) is 150 Å². The molecule has 1 heterocycles. The molecule has 0 bridgehead atoms. The summed E-state index contributed by atoms with van der Waals surface area (Å²) in [6, 6.07) is 11.4. The molecule has 1 fully saturated rings. The quantitative estimate of drug-likeness (QED) is 0.251. The Labute approximate surface area is 220 Å². The van der Waals surface area contributed by atoms with E-state index < -0.39 is 39.9 Å². The Balaban J connectivity index is 1.63. The Morgan fingerprint density at radius 1 is 1.03 bits per heavy atom. The molecule has 10 nitrogen and oxygen atoms in total. The van der Waals surface area contributed by atoms with Crippen molar-refractivity contribution in [1.29, 1.82) is 0 Å². The Hall–Kier alpha value is -3.09. The van der Waals surface area contributed by atoms with Crippen LogP contribution in [-0.4, -0.2) is 67.2 Å². The average Bonchev–Trinajstić information content (AvgIpc) is 3.39. The van der Waals surface area contributed by atoms with Gasteiger partial charge in [0.05, 0.1) is 16.6 Å². The molecule has 12 heteroatoms. The summed E-state index contributed by atoms with van der Waals surface area (Å²) in [7, 11) is -4.21. The fourth-order valence-electron chi connectivity index (χ4n) is 3.98. The van der Waals surface area contributed by atoms with E-state index >= 15 is 0 Å². The lowest BCUT2D eigenvalue weighted by Crippen LogP contribution is -2.42. The van der Waals surface area contributed by atoms with Crippen molar-refractivity contribution >= 4 is 45.4 Å². The zero-order valence-electron chi connectivity index (χ0n) is 20.3. The van der Waals surface area contributed by atoms with Gasteiger partial charge in [0.1, 0.15) is 11.8 Å². The van der Waals surface area contributed by atoms with E-state index in [4.69, 9.17) is 9.84 Å². The highest BCUT2D eigenvalue weighted by Crippen LogP contribution is 2.27. The van der Waals surface area contributed by atoms with Gasteiger partial charge in [-0.1, -0.05) is 19.1 Å². The molecular formula is C25H30N2O8S2. The maximum absolute atomic E-state index is 12.9. The minimum Gasteiger partial charge on any atom is -0.481 e. The first-order valence-corrected chi connectivity index (χ1v) is 14.5. The van der Waals surface area contributed by atoms with E-state index in [2.05, 4.69) is 9.62 Å². The van der Waals surface area contributed by atoms with Crippen LogP contribution in [0.2, 0.25) is 0 Å². The molecule has 0 radical (unpaired) electrons. The summed E-state index contributed by atoms with van der Waals surface area (Å²) >= 11 is 0.786. The van der Waals surface area contributed by atoms with Gasteiger partial charge in [-0.05, 0) is 61.2 Å². The number of carboxylic acid groups (broad SMARTS) is 2. The number of carbonyl (C=O) groups excluding carboxylic acids is 1. The first kappa shape index (κ1) is 28.5. The van der Waals surface area contributed by atoms with E-state index in [0.29, 0.717) is 6.42 Å². The van der Waals surface area contributed by atoms with Crippen molar-refractivity contribution in [1.82, 2.24) is 4.72 Å². The number of hydrogen-bond acceptors (Lipinski definition) is 8. The van der Waals surface area contributed by atoms with E-state index in [9.17, 15) is 27.9 Å². The van der Waals surface area contributed by atoms with Gasteiger partial charge in [-0.15, -0.1) is 11.8 Å². The van der Waals surface area contributed by atoms with Gasteiger partial charge in [-0.3, -0.25) is 14.4 Å². The van der Waals surface area contributed by atoms with Crippen LogP contribution in [0.1, 0.15) is 37.7 Å². The largest absolute Gasteiger partial charge is 0.481 e. The number of esters is 1. The molecule has 0 spiro atoms. The second-order valence-corrected chi connectivity index (χ2v) is 11.3. The van der Waals surface area contributed by atoms with Gasteiger partial charge in [-0.2, -0.15) is 4.72 Å². The number of thioether (sulfide) groups is 1. The molecule has 200 valence electrons. The Morgan fingerprint density at radius 3 is 2.19 bits per heavy atom. The van der Waals surface area contributed by atoms with Crippen LogP contribution in [0.15, 0.2) is 53.4 Å². The first-order chi connectivity index (χ1) is 17.6. The number of aliphatic carboxylic acids is 2. The third-order valence-corrected chi connectivity index (χ3v) is 8.43. The molecule has 2 aromatic carbocycles. The van der Waals surface area contributed by atoms with Gasteiger partial charge >= 0.3 is 17.9 Å². The van der Waals surface area contributed by atoms with Gasteiger partial charge in [0.25, 0.3) is 0 Å². The van der Waals surface area contributed by atoms with E-state index in [1.54, 1.807) is 0 Å². The first-order valence-electron chi connectivity index (χ1n) is 11.8. The molecule has 2 atom stereocenters. The molecule has 37 heavy (non-hydrogen) atoms. The summed E-state index contributed by atoms with van der Waals surface area (Å²) in [4.78, 5) is 37.0. The zero-order valence-corrected chi connectivity index (χ0v) is 22.0. The lowest BCUT2D eigenvalue weighted by molar-refractivity contribution is -0.138. The van der Waals surface area contributed by atoms with Crippen LogP contribution in [0, 0.1) is 0 Å². The lowest BCUT2D eigenvalue weighted by atomic mass is 9.96. The van der Waals surface area contributed by atoms with Crippen LogP contribution >= 0.6 is 11.8 Å². The highest BCUT2D eigenvalue weighted by atomic mass is 32.2. The van der Waals surface area contributed by atoms with Gasteiger partial charge in [0.15, 0.2) is 0 Å². The van der Waals surface area contributed by atoms with Gasteiger partial charge < -0.3 is 19.8 Å². The maximum Gasteiger partial charge on any atom is 0.322 e. The predicted molar refractivity (Wildman–Crippen MR) is 140 cm³/mol. The molecule has 3 N–H and O–H groups in total. The van der Waals surface area contributed by atoms with E-state index in [1.807, 2.05) is 31.2 Å². The second-order valence-electron chi connectivity index (χ2n) is 8.56. The molecule has 2 aromatic rings. The highest BCUT2D eigenvalue weighted by Gasteiger charge is 2.26. The van der Waals surface area contributed by atoms with Crippen LogP contribution in [0.25, 0.3) is 0 Å². The minimum absolute atomic E-state index is 0.155. The van der Waals surface area contributed by atoms with Crippen LogP contribution in [0.4, 0.5) is 5.69 Å². The molecule has 1 aliphatic rings. The smallest absolute Gasteiger partial charge is 0.322 e. The number of benzene rings is 2. The monoisotopic (exact) mass is 550 g/mol. The summed E-state index contributed by atoms with van der Waals surface area (Å²) in [6.45, 7) is 3.94. The van der Waals surface area contributed by atoms with Crippen LogP contribution in [0.5, 0.6) is 5.75 Å². The number of hydrogen-bond donors (Lipinski definition) is 3. The molecule has 0 amide bonds. The molecule has 0 aliphatic carbocycles. The van der Waals surface area contributed by atoms with Crippen molar-refractivity contribution in [3.63, 3.8) is 0 Å². The van der Waals surface area contributed by atoms with Crippen molar-refractivity contribution in [2.24, 2.45) is 0 Å². The number of carboxylic acids is 2. The fourth-order valence-corrected chi connectivity index (χ4v) is 6.03. The van der Waals surface area contributed by atoms with Crippen molar-refractivity contribution < 1.29 is 37.8 Å². The fraction of sp³-hybridized carbons (Fsp3) is 0.400. The van der Waals surface area contributed by atoms with Crippen LogP contribution in [-0.2, 0) is 24.4 Å². The van der Waals surface area contributed by atoms with Crippen LogP contribution in [0.3, 0.4) is 0 Å². The third-order valence-electron chi connectivity index (χ3n) is 5.92. The van der Waals surface area contributed by atoms with Gasteiger partial charge in [0.2, 0.25) is 10.0 Å². The predicted octanol–water partition coefficient (Wildman–Crippen LogP) is 2.94. The SMILES string of the molecule is CCC(C(=O)Oc1ccc(S(=O)(=O)N[C@@H](CSCC(=O)O)C(=O)O)cc1)c1ccc(N2CCCC2)cc1. The number of sulfonamides is 1. The van der Waals surface area contributed by atoms with Crippen molar-refractivity contribution in [3.8, 4) is 5.75 Å². The summed E-state index contributed by atoms with van der Waals surface area (Å²) < 4.78 is 32.8. The second kappa shape index (κ2) is 12.9. The summed E-state index contributed by atoms with van der Waals surface area (Å²) in [6.07, 6.45) is 2.87. The van der Waals surface area contributed by atoms with Crippen molar-refractivity contribution in [2.75, 3.05) is 29.5 Å². The zero-order chi connectivity index (χ0) is 27.0. The van der Waals surface area contributed by atoms with E-state index in [1.165, 1.54) is 37.1 Å². The summed E-state index contributed by atoms with van der Waals surface area (Å²) in [5.41, 5.74) is 1.96. The Bertz CT molecular complexity index is 1190. The Morgan fingerprint density at radius 2 is 1.65 bits per heavy atom. The number of nitrogens with zero attached hydrogens (tertiary/aromatic N) is 1. The van der Waals surface area contributed by atoms with Crippen molar-refractivity contribution in [2.45, 2.75) is 43.0 Å². The standard InChI is InChI=1S/C25H30N2O8S2/c1-2-21(17-5-7-18(8-6-17)27-13-3-4-14-27)25(32)35-19-9-11-20(12-10-19)37(33,34)26-22(24(30)31)15-36-16-23(28)29/h5-12,21-22,26H,2-4,13-16H2,1H3,(H,28,29)(H,30,31)/t21?,22-/m0/s1. The highest BCUT2D eigenvalue weighted by molar-refractivity contribution is 8.00. The maximum atomic E-state index is 12.9. The number of nitrogens with one attached hydrogen (secondary N) is 1. The number of ether oxygens (including phenoxy) is 1. The summed E-state index contributed by atoms with van der Waals surface area (Å²) in [5.74, 6) is -3.97. The molecule has 0 saturated carbocycles. The number of carbonyl (C=O) groups is 3. The number of rotatable bonds is 13. The van der Waals surface area contributed by atoms with E-state index in [0.717, 1.165) is 36.1 Å². The Kier molecular flexibility index (Phi) is 9.95. The molecule has 3 rings (SSSR count). The third kappa shape index (κ3) is 7.94. The minimum atomic E-state index is -4.21. The van der Waals surface area contributed by atoms with Crippen LogP contribution < -0.4 is 14.4 Å². The van der Waals surface area contributed by atoms with Crippen molar-refractivity contribution in [3.05, 3.63) is 54.1 Å². The number of anilines is 1. The lowest BCUT2D eigenvalue weighted by Gasteiger charge is -2.19.